The molecule has 0 saturated carbocycles. The molecule has 4 amide bonds. The van der Waals surface area contributed by atoms with Crippen molar-refractivity contribution in [3.63, 3.8) is 0 Å². The number of imide groups is 2. The fraction of sp³-hybridized carbons (Fsp3) is 0.0417. The van der Waals surface area contributed by atoms with E-state index in [1.54, 1.807) is 36.9 Å². The van der Waals surface area contributed by atoms with Crippen molar-refractivity contribution in [2.24, 2.45) is 0 Å². The molecule has 0 aliphatic carbocycles. The molecular weight excluding hydrogens is 432 g/mol. The molecule has 0 unspecified atom stereocenters. The van der Waals surface area contributed by atoms with Gasteiger partial charge in [-0.05, 0) is 60.5 Å². The Balaban J connectivity index is 1.62. The van der Waals surface area contributed by atoms with Crippen LogP contribution in [0.25, 0.3) is 6.08 Å². The van der Waals surface area contributed by atoms with E-state index in [1.807, 2.05) is 54.6 Å². The van der Waals surface area contributed by atoms with Crippen LogP contribution >= 0.6 is 23.4 Å². The number of anilines is 1. The highest BCUT2D eigenvalue weighted by atomic mass is 35.5. The van der Waals surface area contributed by atoms with E-state index in [4.69, 9.17) is 11.6 Å². The lowest BCUT2D eigenvalue weighted by atomic mass is 10.1. The first kappa shape index (κ1) is 20.9. The summed E-state index contributed by atoms with van der Waals surface area (Å²) in [7, 11) is 0. The van der Waals surface area contributed by atoms with Gasteiger partial charge in [0.15, 0.2) is 0 Å². The molecule has 5 nitrogen and oxygen atoms in total. The average molecular weight is 449 g/mol. The zero-order chi connectivity index (χ0) is 22.0. The Morgan fingerprint density at radius 2 is 1.55 bits per heavy atom. The number of benzene rings is 3. The maximum Gasteiger partial charge on any atom is 0.335 e. The van der Waals surface area contributed by atoms with Crippen molar-refractivity contribution in [1.29, 1.82) is 0 Å². The summed E-state index contributed by atoms with van der Waals surface area (Å²) >= 11 is 7.75. The lowest BCUT2D eigenvalue weighted by Gasteiger charge is -2.27. The van der Waals surface area contributed by atoms with Gasteiger partial charge in [-0.3, -0.25) is 14.9 Å². The topological polar surface area (TPSA) is 66.5 Å². The van der Waals surface area contributed by atoms with E-state index in [-0.39, 0.29) is 5.57 Å². The van der Waals surface area contributed by atoms with Crippen LogP contribution in [0.2, 0.25) is 5.02 Å². The summed E-state index contributed by atoms with van der Waals surface area (Å²) in [6, 6.07) is 21.6. The molecule has 0 radical (unpaired) electrons. The van der Waals surface area contributed by atoms with Gasteiger partial charge in [0.2, 0.25) is 0 Å². The van der Waals surface area contributed by atoms with Gasteiger partial charge in [0, 0.05) is 14.8 Å². The van der Waals surface area contributed by atoms with Crippen LogP contribution in [0.5, 0.6) is 0 Å². The van der Waals surface area contributed by atoms with Crippen molar-refractivity contribution in [2.45, 2.75) is 16.7 Å². The van der Waals surface area contributed by atoms with Gasteiger partial charge >= 0.3 is 6.03 Å². The molecule has 0 bridgehead atoms. The SMILES string of the molecule is Cc1c(Cl)cccc1N1C(=O)NC(=O)/C(=C\c2ccc(Sc3ccccc3)cc2)C1=O. The van der Waals surface area contributed by atoms with Crippen LogP contribution in [0, 0.1) is 6.92 Å². The molecular formula is C24H17ClN2O3S. The van der Waals surface area contributed by atoms with Gasteiger partial charge in [-0.1, -0.05) is 59.8 Å². The van der Waals surface area contributed by atoms with Crippen LogP contribution in [-0.2, 0) is 9.59 Å². The van der Waals surface area contributed by atoms with Gasteiger partial charge < -0.3 is 0 Å². The molecule has 3 aromatic rings. The van der Waals surface area contributed by atoms with E-state index < -0.39 is 17.8 Å². The van der Waals surface area contributed by atoms with Crippen LogP contribution in [0.3, 0.4) is 0 Å². The van der Waals surface area contributed by atoms with Gasteiger partial charge in [-0.15, -0.1) is 0 Å². The third kappa shape index (κ3) is 4.40. The molecule has 1 fully saturated rings. The van der Waals surface area contributed by atoms with Crippen molar-refractivity contribution < 1.29 is 14.4 Å². The fourth-order valence-corrected chi connectivity index (χ4v) is 4.15. The number of urea groups is 1. The summed E-state index contributed by atoms with van der Waals surface area (Å²) in [5.74, 6) is -1.42. The normalized spacial score (nSPS) is 15.4. The van der Waals surface area contributed by atoms with E-state index >= 15 is 0 Å². The van der Waals surface area contributed by atoms with E-state index in [9.17, 15) is 14.4 Å². The van der Waals surface area contributed by atoms with Crippen LogP contribution in [0.15, 0.2) is 88.2 Å². The minimum atomic E-state index is -0.799. The number of nitrogens with one attached hydrogen (secondary N) is 1. The van der Waals surface area contributed by atoms with Crippen LogP contribution in [-0.4, -0.2) is 17.8 Å². The van der Waals surface area contributed by atoms with E-state index in [0.717, 1.165) is 14.7 Å². The molecule has 0 aromatic heterocycles. The standard InChI is InChI=1S/C24H17ClN2O3S/c1-15-20(25)8-5-9-21(15)27-23(29)19(22(28)26-24(27)30)14-16-10-12-18(13-11-16)31-17-6-3-2-4-7-17/h2-14H,1H3,(H,26,28,30)/b19-14+. The molecule has 1 saturated heterocycles. The molecule has 0 spiro atoms. The molecule has 3 aromatic carbocycles. The molecule has 0 atom stereocenters. The Morgan fingerprint density at radius 1 is 0.871 bits per heavy atom. The minimum absolute atomic E-state index is 0.123. The molecule has 31 heavy (non-hydrogen) atoms. The molecule has 1 N–H and O–H groups in total. The summed E-state index contributed by atoms with van der Waals surface area (Å²) < 4.78 is 0. The Bertz CT molecular complexity index is 1210. The lowest BCUT2D eigenvalue weighted by molar-refractivity contribution is -0.122. The molecule has 1 heterocycles. The second-order valence-corrected chi connectivity index (χ2v) is 8.38. The molecule has 154 valence electrons. The third-order valence-corrected chi connectivity index (χ3v) is 6.18. The second kappa shape index (κ2) is 8.79. The number of nitrogens with zero attached hydrogens (tertiary/aromatic N) is 1. The van der Waals surface area contributed by atoms with E-state index in [0.29, 0.717) is 21.8 Å². The van der Waals surface area contributed by atoms with Crippen molar-refractivity contribution in [3.8, 4) is 0 Å². The third-order valence-electron chi connectivity index (χ3n) is 4.75. The van der Waals surface area contributed by atoms with Gasteiger partial charge in [0.25, 0.3) is 11.8 Å². The number of halogens is 1. The first-order valence-electron chi connectivity index (χ1n) is 9.43. The summed E-state index contributed by atoms with van der Waals surface area (Å²) in [5.41, 5.74) is 1.46. The summed E-state index contributed by atoms with van der Waals surface area (Å²) in [6.07, 6.45) is 1.48. The number of hydrogen-bond acceptors (Lipinski definition) is 4. The van der Waals surface area contributed by atoms with Gasteiger partial charge in [-0.25, -0.2) is 9.69 Å². The zero-order valence-electron chi connectivity index (χ0n) is 16.5. The maximum atomic E-state index is 13.1. The van der Waals surface area contributed by atoms with Crippen molar-refractivity contribution in [2.75, 3.05) is 4.90 Å². The zero-order valence-corrected chi connectivity index (χ0v) is 18.0. The number of carbonyl (C=O) groups excluding carboxylic acids is 3. The largest absolute Gasteiger partial charge is 0.335 e. The Hall–Kier alpha value is -3.35. The first-order valence-corrected chi connectivity index (χ1v) is 10.6. The van der Waals surface area contributed by atoms with Crippen LogP contribution < -0.4 is 10.2 Å². The van der Waals surface area contributed by atoms with Crippen LogP contribution in [0.4, 0.5) is 10.5 Å². The number of amides is 4. The lowest BCUT2D eigenvalue weighted by Crippen LogP contribution is -2.54. The predicted molar refractivity (Wildman–Crippen MR) is 122 cm³/mol. The number of hydrogen-bond donors (Lipinski definition) is 1. The highest BCUT2D eigenvalue weighted by Gasteiger charge is 2.37. The number of carbonyl (C=O) groups is 3. The second-order valence-electron chi connectivity index (χ2n) is 6.83. The van der Waals surface area contributed by atoms with Gasteiger partial charge in [0.05, 0.1) is 5.69 Å². The first-order chi connectivity index (χ1) is 14.9. The molecule has 7 heteroatoms. The summed E-state index contributed by atoms with van der Waals surface area (Å²) in [5, 5.41) is 2.65. The van der Waals surface area contributed by atoms with Crippen molar-refractivity contribution in [3.05, 3.63) is 94.5 Å². The minimum Gasteiger partial charge on any atom is -0.273 e. The molecule has 4 rings (SSSR count). The Labute approximate surface area is 188 Å². The average Bonchev–Trinajstić information content (AvgIpc) is 2.76. The van der Waals surface area contributed by atoms with E-state index in [1.165, 1.54) is 6.08 Å². The summed E-state index contributed by atoms with van der Waals surface area (Å²) in [6.45, 7) is 1.71. The molecule has 1 aliphatic rings. The van der Waals surface area contributed by atoms with Crippen molar-refractivity contribution in [1.82, 2.24) is 5.32 Å². The Kier molecular flexibility index (Phi) is 5.93. The van der Waals surface area contributed by atoms with Gasteiger partial charge in [-0.2, -0.15) is 0 Å². The monoisotopic (exact) mass is 448 g/mol. The van der Waals surface area contributed by atoms with Crippen molar-refractivity contribution >= 4 is 53.0 Å². The quantitative estimate of drug-likeness (QED) is 0.424. The smallest absolute Gasteiger partial charge is 0.273 e. The highest BCUT2D eigenvalue weighted by Crippen LogP contribution is 2.30. The maximum absolute atomic E-state index is 13.1. The number of rotatable bonds is 4. The Morgan fingerprint density at radius 3 is 2.26 bits per heavy atom. The molecule has 1 aliphatic heterocycles. The predicted octanol–water partition coefficient (Wildman–Crippen LogP) is 5.47. The number of barbiturate groups is 1. The van der Waals surface area contributed by atoms with Crippen LogP contribution in [0.1, 0.15) is 11.1 Å². The highest BCUT2D eigenvalue weighted by molar-refractivity contribution is 7.99. The summed E-state index contributed by atoms with van der Waals surface area (Å²) in [4.78, 5) is 40.9. The fourth-order valence-electron chi connectivity index (χ4n) is 3.14. The van der Waals surface area contributed by atoms with E-state index in [2.05, 4.69) is 5.32 Å². The van der Waals surface area contributed by atoms with Gasteiger partial charge in [0.1, 0.15) is 5.57 Å².